The number of anilines is 1. The van der Waals surface area contributed by atoms with Crippen molar-refractivity contribution in [1.82, 2.24) is 10.3 Å². The van der Waals surface area contributed by atoms with Crippen LogP contribution >= 0.6 is 0 Å². The van der Waals surface area contributed by atoms with E-state index in [2.05, 4.69) is 29.5 Å². The Morgan fingerprint density at radius 2 is 1.71 bits per heavy atom. The van der Waals surface area contributed by atoms with E-state index in [-0.39, 0.29) is 30.9 Å². The number of esters is 1. The zero-order valence-electron chi connectivity index (χ0n) is 21.9. The molecule has 0 bridgehead atoms. The fourth-order valence-electron chi connectivity index (χ4n) is 3.82. The molecule has 1 amide bonds. The van der Waals surface area contributed by atoms with Crippen molar-refractivity contribution in [3.05, 3.63) is 78.4 Å². The van der Waals surface area contributed by atoms with Crippen LogP contribution in [0.3, 0.4) is 0 Å². The van der Waals surface area contributed by atoms with Crippen molar-refractivity contribution in [2.45, 2.75) is 33.2 Å². The molecule has 0 aliphatic carbocycles. The van der Waals surface area contributed by atoms with Crippen LogP contribution in [-0.4, -0.2) is 42.7 Å². The normalized spacial score (nSPS) is 11.8. The molecule has 198 valence electrons. The number of benzene rings is 3. The summed E-state index contributed by atoms with van der Waals surface area (Å²) >= 11 is 0. The summed E-state index contributed by atoms with van der Waals surface area (Å²) in [6.07, 6.45) is 0.148. The van der Waals surface area contributed by atoms with Crippen LogP contribution in [0.4, 0.5) is 5.69 Å². The number of hydrogen-bond acceptors (Lipinski definition) is 7. The SMILES string of the molecule is CCOC(=O)CCNC(=O)c1ccc(N[C@@H](COc2ccc(-c3nc4ccccc4o3)cc2)C(C)C)cc1. The number of para-hydroxylation sites is 2. The van der Waals surface area contributed by atoms with Crippen molar-refractivity contribution < 1.29 is 23.5 Å². The fraction of sp³-hybridized carbons (Fsp3) is 0.300. The summed E-state index contributed by atoms with van der Waals surface area (Å²) < 4.78 is 16.8. The highest BCUT2D eigenvalue weighted by atomic mass is 16.5. The van der Waals surface area contributed by atoms with Crippen LogP contribution in [0.15, 0.2) is 77.2 Å². The molecule has 0 spiro atoms. The minimum Gasteiger partial charge on any atom is -0.491 e. The van der Waals surface area contributed by atoms with E-state index in [9.17, 15) is 9.59 Å². The van der Waals surface area contributed by atoms with Crippen LogP contribution in [0.1, 0.15) is 37.6 Å². The van der Waals surface area contributed by atoms with Crippen LogP contribution < -0.4 is 15.4 Å². The summed E-state index contributed by atoms with van der Waals surface area (Å²) in [5, 5.41) is 6.23. The second-order valence-corrected chi connectivity index (χ2v) is 9.21. The van der Waals surface area contributed by atoms with Crippen molar-refractivity contribution in [2.24, 2.45) is 5.92 Å². The van der Waals surface area contributed by atoms with Crippen molar-refractivity contribution in [1.29, 1.82) is 0 Å². The van der Waals surface area contributed by atoms with Gasteiger partial charge >= 0.3 is 5.97 Å². The van der Waals surface area contributed by atoms with Gasteiger partial charge < -0.3 is 24.5 Å². The lowest BCUT2D eigenvalue weighted by molar-refractivity contribution is -0.142. The van der Waals surface area contributed by atoms with Gasteiger partial charge in [0.1, 0.15) is 17.9 Å². The first-order valence-electron chi connectivity index (χ1n) is 12.8. The van der Waals surface area contributed by atoms with Gasteiger partial charge in [-0.15, -0.1) is 0 Å². The maximum atomic E-state index is 12.3. The molecule has 1 atom stereocenters. The number of carbonyl (C=O) groups is 2. The molecule has 0 fully saturated rings. The van der Waals surface area contributed by atoms with Gasteiger partial charge in [0.15, 0.2) is 5.58 Å². The predicted octanol–water partition coefficient (Wildman–Crippen LogP) is 5.69. The number of oxazole rings is 1. The third-order valence-corrected chi connectivity index (χ3v) is 6.05. The Morgan fingerprint density at radius 1 is 0.974 bits per heavy atom. The van der Waals surface area contributed by atoms with E-state index in [1.165, 1.54) is 0 Å². The number of ether oxygens (including phenoxy) is 2. The van der Waals surface area contributed by atoms with Crippen molar-refractivity contribution >= 4 is 28.7 Å². The predicted molar refractivity (Wildman–Crippen MR) is 147 cm³/mol. The molecule has 0 aliphatic rings. The van der Waals surface area contributed by atoms with Crippen LogP contribution in [0, 0.1) is 5.92 Å². The Balaban J connectivity index is 1.29. The van der Waals surface area contributed by atoms with Crippen LogP contribution in [0.5, 0.6) is 5.75 Å². The summed E-state index contributed by atoms with van der Waals surface area (Å²) in [6.45, 7) is 7.04. The third-order valence-electron chi connectivity index (χ3n) is 6.05. The Bertz CT molecular complexity index is 1310. The largest absolute Gasteiger partial charge is 0.491 e. The highest BCUT2D eigenvalue weighted by Gasteiger charge is 2.15. The monoisotopic (exact) mass is 515 g/mol. The average molecular weight is 516 g/mol. The third kappa shape index (κ3) is 7.12. The molecule has 1 heterocycles. The van der Waals surface area contributed by atoms with Gasteiger partial charge in [0.25, 0.3) is 5.91 Å². The number of rotatable bonds is 12. The molecular weight excluding hydrogens is 482 g/mol. The van der Waals surface area contributed by atoms with Crippen LogP contribution in [0.25, 0.3) is 22.6 Å². The molecule has 4 rings (SSSR count). The van der Waals surface area contributed by atoms with E-state index < -0.39 is 0 Å². The Morgan fingerprint density at radius 3 is 2.39 bits per heavy atom. The molecule has 8 heteroatoms. The Kier molecular flexibility index (Phi) is 8.98. The zero-order valence-corrected chi connectivity index (χ0v) is 21.9. The fourth-order valence-corrected chi connectivity index (χ4v) is 3.82. The summed E-state index contributed by atoms with van der Waals surface area (Å²) in [5.74, 6) is 1.09. The molecule has 0 radical (unpaired) electrons. The number of nitrogens with zero attached hydrogens (tertiary/aromatic N) is 1. The van der Waals surface area contributed by atoms with Crippen molar-refractivity contribution in [2.75, 3.05) is 25.1 Å². The molecule has 3 aromatic carbocycles. The molecule has 1 aromatic heterocycles. The molecular formula is C30H33N3O5. The van der Waals surface area contributed by atoms with Gasteiger partial charge in [-0.2, -0.15) is 0 Å². The van der Waals surface area contributed by atoms with Gasteiger partial charge in [0.05, 0.1) is 19.1 Å². The molecule has 0 aliphatic heterocycles. The van der Waals surface area contributed by atoms with Gasteiger partial charge in [-0.25, -0.2) is 4.98 Å². The first kappa shape index (κ1) is 26.7. The molecule has 0 saturated carbocycles. The minimum atomic E-state index is -0.326. The molecule has 38 heavy (non-hydrogen) atoms. The minimum absolute atomic E-state index is 0.0518. The van der Waals surface area contributed by atoms with Crippen molar-refractivity contribution in [3.8, 4) is 17.2 Å². The van der Waals surface area contributed by atoms with Gasteiger partial charge in [-0.1, -0.05) is 26.0 Å². The smallest absolute Gasteiger partial charge is 0.307 e. The summed E-state index contributed by atoms with van der Waals surface area (Å²) in [7, 11) is 0. The number of aromatic nitrogens is 1. The van der Waals surface area contributed by atoms with E-state index in [0.29, 0.717) is 30.6 Å². The number of hydrogen-bond donors (Lipinski definition) is 2. The van der Waals surface area contributed by atoms with E-state index in [1.807, 2.05) is 60.7 Å². The lowest BCUT2D eigenvalue weighted by Crippen LogP contribution is -2.32. The number of amides is 1. The second-order valence-electron chi connectivity index (χ2n) is 9.21. The first-order valence-corrected chi connectivity index (χ1v) is 12.8. The average Bonchev–Trinajstić information content (AvgIpc) is 3.36. The lowest BCUT2D eigenvalue weighted by atomic mass is 10.0. The molecule has 2 N–H and O–H groups in total. The highest BCUT2D eigenvalue weighted by molar-refractivity contribution is 5.94. The lowest BCUT2D eigenvalue weighted by Gasteiger charge is -2.24. The van der Waals surface area contributed by atoms with E-state index >= 15 is 0 Å². The van der Waals surface area contributed by atoms with E-state index in [0.717, 1.165) is 28.1 Å². The summed E-state index contributed by atoms with van der Waals surface area (Å²) in [4.78, 5) is 28.3. The first-order chi connectivity index (χ1) is 18.4. The zero-order chi connectivity index (χ0) is 26.9. The van der Waals surface area contributed by atoms with Gasteiger partial charge in [0.2, 0.25) is 5.89 Å². The van der Waals surface area contributed by atoms with Crippen molar-refractivity contribution in [3.63, 3.8) is 0 Å². The summed E-state index contributed by atoms with van der Waals surface area (Å²) in [6, 6.07) is 22.7. The standard InChI is InChI=1S/C30H33N3O5/c1-4-36-28(34)17-18-31-29(35)21-9-13-23(14-10-21)32-26(20(2)3)19-37-24-15-11-22(12-16-24)30-33-25-7-5-6-8-27(25)38-30/h5-16,20,26,32H,4,17-19H2,1-3H3,(H,31,35)/t26-/m0/s1. The van der Waals surface area contributed by atoms with E-state index in [4.69, 9.17) is 13.9 Å². The van der Waals surface area contributed by atoms with Crippen LogP contribution in [0.2, 0.25) is 0 Å². The van der Waals surface area contributed by atoms with Crippen LogP contribution in [-0.2, 0) is 9.53 Å². The highest BCUT2D eigenvalue weighted by Crippen LogP contribution is 2.26. The molecule has 0 unspecified atom stereocenters. The van der Waals surface area contributed by atoms with E-state index in [1.54, 1.807) is 19.1 Å². The maximum Gasteiger partial charge on any atom is 0.307 e. The van der Waals surface area contributed by atoms with Gasteiger partial charge in [0, 0.05) is 23.4 Å². The maximum absolute atomic E-state index is 12.3. The quantitative estimate of drug-likeness (QED) is 0.234. The van der Waals surface area contributed by atoms with Gasteiger partial charge in [-0.3, -0.25) is 9.59 Å². The number of carbonyl (C=O) groups excluding carboxylic acids is 2. The topological polar surface area (TPSA) is 103 Å². The Labute approximate surface area is 222 Å². The molecule has 8 nitrogen and oxygen atoms in total. The number of fused-ring (bicyclic) bond motifs is 1. The summed E-state index contributed by atoms with van der Waals surface area (Å²) in [5.41, 5.74) is 3.89. The molecule has 0 saturated heterocycles. The molecule has 4 aromatic rings. The number of nitrogens with one attached hydrogen (secondary N) is 2. The van der Waals surface area contributed by atoms with Gasteiger partial charge in [-0.05, 0) is 73.5 Å². The Hall–Kier alpha value is -4.33. The second kappa shape index (κ2) is 12.8.